The molecule has 0 saturated carbocycles. The first kappa shape index (κ1) is 41.9. The van der Waals surface area contributed by atoms with Gasteiger partial charge in [0.2, 0.25) is 35.4 Å². The summed E-state index contributed by atoms with van der Waals surface area (Å²) in [5, 5.41) is 15.5. The second kappa shape index (κ2) is 21.1. The molecule has 2 aromatic carbocycles. The average molecular weight is 749 g/mol. The first-order valence-corrected chi connectivity index (χ1v) is 17.1. The van der Waals surface area contributed by atoms with Crippen molar-refractivity contribution in [2.45, 2.75) is 69.7 Å². The van der Waals surface area contributed by atoms with E-state index in [1.165, 1.54) is 18.7 Å². The summed E-state index contributed by atoms with van der Waals surface area (Å²) < 4.78 is 5.31. The number of ether oxygens (including phenoxy) is 1. The molecule has 7 N–H and O–H groups in total. The van der Waals surface area contributed by atoms with Crippen LogP contribution in [0.1, 0.15) is 37.8 Å². The van der Waals surface area contributed by atoms with Gasteiger partial charge in [-0.1, -0.05) is 65.8 Å². The Balaban J connectivity index is 1.66. The quantitative estimate of drug-likeness (QED) is 0.0439. The van der Waals surface area contributed by atoms with Crippen LogP contribution in [0.15, 0.2) is 65.8 Å². The summed E-state index contributed by atoms with van der Waals surface area (Å²) in [6.45, 7) is 1.24. The molecule has 1 saturated heterocycles. The van der Waals surface area contributed by atoms with Crippen molar-refractivity contribution in [2.75, 3.05) is 26.2 Å². The van der Waals surface area contributed by atoms with Crippen LogP contribution >= 0.6 is 0 Å². The summed E-state index contributed by atoms with van der Waals surface area (Å²) >= 11 is 0. The molecular formula is C35H44N10O9. The molecule has 0 radical (unpaired) electrons. The lowest BCUT2D eigenvalue weighted by molar-refractivity contribution is -0.152. The van der Waals surface area contributed by atoms with Gasteiger partial charge < -0.3 is 42.0 Å². The third-order valence-electron chi connectivity index (χ3n) is 8.22. The largest absolute Gasteiger partial charge is 0.454 e. The molecule has 0 aromatic heterocycles. The molecule has 0 spiro atoms. The van der Waals surface area contributed by atoms with E-state index in [4.69, 9.17) is 16.0 Å². The number of esters is 1. The molecule has 1 aliphatic rings. The number of primary amides is 1. The van der Waals surface area contributed by atoms with Crippen LogP contribution in [0.5, 0.6) is 0 Å². The zero-order valence-corrected chi connectivity index (χ0v) is 29.9. The number of nitrogens with one attached hydrogen (secondary N) is 5. The van der Waals surface area contributed by atoms with Crippen LogP contribution in [-0.2, 0) is 55.9 Å². The average Bonchev–Trinajstić information content (AvgIpc) is 3.65. The maximum Gasteiger partial charge on any atom is 0.329 e. The highest BCUT2D eigenvalue weighted by molar-refractivity contribution is 5.96. The number of hydrogen-bond acceptors (Lipinski definition) is 10. The van der Waals surface area contributed by atoms with Crippen molar-refractivity contribution in [1.82, 2.24) is 31.5 Å². The zero-order valence-electron chi connectivity index (χ0n) is 29.9. The van der Waals surface area contributed by atoms with Crippen molar-refractivity contribution in [2.24, 2.45) is 10.8 Å². The fourth-order valence-corrected chi connectivity index (χ4v) is 5.54. The smallest absolute Gasteiger partial charge is 0.329 e. The predicted octanol–water partition coefficient (Wildman–Crippen LogP) is -1.10. The highest BCUT2D eigenvalue weighted by Gasteiger charge is 2.38. The van der Waals surface area contributed by atoms with Gasteiger partial charge >= 0.3 is 5.97 Å². The Labute approximate surface area is 310 Å². The van der Waals surface area contributed by atoms with Crippen LogP contribution in [-0.4, -0.2) is 109 Å². The highest BCUT2D eigenvalue weighted by Crippen LogP contribution is 2.19. The first-order valence-electron chi connectivity index (χ1n) is 17.1. The van der Waals surface area contributed by atoms with Crippen molar-refractivity contribution in [3.05, 3.63) is 82.2 Å². The Morgan fingerprint density at radius 2 is 1.44 bits per heavy atom. The summed E-state index contributed by atoms with van der Waals surface area (Å²) in [6.07, 6.45) is 0.766. The molecule has 19 heteroatoms. The number of rotatable bonds is 19. The lowest BCUT2D eigenvalue weighted by Gasteiger charge is -2.29. The number of benzene rings is 2. The summed E-state index contributed by atoms with van der Waals surface area (Å²) in [7, 11) is 0. The number of hydrogen-bond donors (Lipinski definition) is 6. The third kappa shape index (κ3) is 13.6. The van der Waals surface area contributed by atoms with Crippen molar-refractivity contribution >= 4 is 47.3 Å². The topological polar surface area (TPSA) is 284 Å². The minimum absolute atomic E-state index is 0.0183. The number of carbonyl (C=O) groups is 8. The van der Waals surface area contributed by atoms with Crippen LogP contribution in [0.4, 0.5) is 0 Å². The van der Waals surface area contributed by atoms with Crippen LogP contribution < -0.4 is 32.3 Å². The minimum atomic E-state index is -1.28. The predicted molar refractivity (Wildman–Crippen MR) is 191 cm³/mol. The maximum absolute atomic E-state index is 13.6. The van der Waals surface area contributed by atoms with Crippen LogP contribution in [0.2, 0.25) is 0 Å². The molecular weight excluding hydrogens is 704 g/mol. The number of likely N-dealkylation sites (tertiary alicyclic amines) is 1. The molecule has 0 aliphatic carbocycles. The first-order chi connectivity index (χ1) is 25.8. The fourth-order valence-electron chi connectivity index (χ4n) is 5.54. The molecule has 1 aliphatic heterocycles. The molecule has 7 amide bonds. The molecule has 1 heterocycles. The Kier molecular flexibility index (Phi) is 16.4. The second-order valence-electron chi connectivity index (χ2n) is 12.5. The molecule has 3 rings (SSSR count). The van der Waals surface area contributed by atoms with Crippen molar-refractivity contribution in [1.29, 1.82) is 0 Å². The molecule has 19 nitrogen and oxygen atoms in total. The standard InChI is InChI=1S/C35H44N10O9/c1-21(40-29(47)19-39-44-37)31(49)41-22(2)34(52)45-15-9-14-27(45)33(51)43-26(17-24-12-7-4-8-13-24)35(53)54-20-30(48)42-25(32(50)38-18-28(36)46)16-23-10-5-3-6-11-23/h3-8,10-13,21-22,25-27H,9,14-20H2,1-2H3,(H2,36,46)(H,38,50)(H,40,47)(H,41,49)(H,42,48)(H,43,51)/t21-,22-,25-,26-,27-/m0/s1. The van der Waals surface area contributed by atoms with Gasteiger partial charge in [0.25, 0.3) is 5.91 Å². The number of nitrogens with zero attached hydrogens (tertiary/aromatic N) is 4. The zero-order chi connectivity index (χ0) is 39.6. The summed E-state index contributed by atoms with van der Waals surface area (Å²) in [6, 6.07) is 11.9. The number of carbonyl (C=O) groups excluding carboxylic acids is 8. The molecule has 2 aromatic rings. The van der Waals surface area contributed by atoms with Gasteiger partial charge in [-0.3, -0.25) is 33.6 Å². The van der Waals surface area contributed by atoms with E-state index in [-0.39, 0.29) is 25.8 Å². The van der Waals surface area contributed by atoms with E-state index >= 15 is 0 Å². The van der Waals surface area contributed by atoms with E-state index in [2.05, 4.69) is 36.6 Å². The minimum Gasteiger partial charge on any atom is -0.454 e. The molecule has 0 bridgehead atoms. The van der Waals surface area contributed by atoms with E-state index in [1.807, 2.05) is 0 Å². The summed E-state index contributed by atoms with van der Waals surface area (Å²) in [5.41, 5.74) is 14.9. The summed E-state index contributed by atoms with van der Waals surface area (Å²) in [4.78, 5) is 106. The van der Waals surface area contributed by atoms with E-state index in [1.54, 1.807) is 60.7 Å². The van der Waals surface area contributed by atoms with Gasteiger partial charge in [-0.05, 0) is 43.3 Å². The number of azide groups is 1. The molecule has 288 valence electrons. The van der Waals surface area contributed by atoms with Crippen molar-refractivity contribution in [3.8, 4) is 0 Å². The van der Waals surface area contributed by atoms with Gasteiger partial charge in [0.05, 0.1) is 6.54 Å². The van der Waals surface area contributed by atoms with Crippen LogP contribution in [0.25, 0.3) is 10.4 Å². The SMILES string of the molecule is C[C@H](NC(=O)CN=[N+]=[N-])C(=O)N[C@@H](C)C(=O)N1CCC[C@H]1C(=O)N[C@@H](Cc1ccccc1)C(=O)OCC(=O)N[C@@H](Cc1ccccc1)C(=O)NCC(N)=O. The van der Waals surface area contributed by atoms with E-state index in [0.29, 0.717) is 17.5 Å². The van der Waals surface area contributed by atoms with Crippen molar-refractivity contribution < 1.29 is 43.1 Å². The molecule has 5 atom stereocenters. The van der Waals surface area contributed by atoms with Gasteiger partial charge in [-0.25, -0.2) is 4.79 Å². The Hall–Kier alpha value is -6.49. The van der Waals surface area contributed by atoms with Gasteiger partial charge in [-0.2, -0.15) is 0 Å². The van der Waals surface area contributed by atoms with Gasteiger partial charge in [0, 0.05) is 24.3 Å². The Morgan fingerprint density at radius 1 is 0.833 bits per heavy atom. The van der Waals surface area contributed by atoms with E-state index in [9.17, 15) is 38.4 Å². The second-order valence-corrected chi connectivity index (χ2v) is 12.5. The lowest BCUT2D eigenvalue weighted by atomic mass is 10.0. The van der Waals surface area contributed by atoms with E-state index in [0.717, 1.165) is 0 Å². The summed E-state index contributed by atoms with van der Waals surface area (Å²) in [5.74, 6) is -5.84. The molecule has 1 fully saturated rings. The number of amides is 7. The van der Waals surface area contributed by atoms with Crippen LogP contribution in [0, 0.1) is 0 Å². The molecule has 0 unspecified atom stereocenters. The highest BCUT2D eigenvalue weighted by atomic mass is 16.5. The maximum atomic E-state index is 13.6. The van der Waals surface area contributed by atoms with Gasteiger partial charge in [-0.15, -0.1) is 0 Å². The molecule has 54 heavy (non-hydrogen) atoms. The van der Waals surface area contributed by atoms with Crippen molar-refractivity contribution in [3.63, 3.8) is 0 Å². The normalized spacial score (nSPS) is 15.5. The Morgan fingerprint density at radius 3 is 2.04 bits per heavy atom. The monoisotopic (exact) mass is 748 g/mol. The van der Waals surface area contributed by atoms with Gasteiger partial charge in [0.1, 0.15) is 36.8 Å². The Bertz CT molecular complexity index is 1720. The lowest BCUT2D eigenvalue weighted by Crippen LogP contribution is -2.56. The fraction of sp³-hybridized carbons (Fsp3) is 0.429. The third-order valence-corrected chi connectivity index (χ3v) is 8.22. The van der Waals surface area contributed by atoms with Crippen LogP contribution in [0.3, 0.4) is 0 Å². The number of nitrogens with two attached hydrogens (primary N) is 1. The van der Waals surface area contributed by atoms with Gasteiger partial charge in [0.15, 0.2) is 6.61 Å². The van der Waals surface area contributed by atoms with E-state index < -0.39 is 97.2 Å².